The van der Waals surface area contributed by atoms with E-state index in [1.165, 1.54) is 0 Å². The van der Waals surface area contributed by atoms with Crippen LogP contribution in [0.2, 0.25) is 0 Å². The average molecular weight is 280 g/mol. The van der Waals surface area contributed by atoms with Crippen LogP contribution in [0.3, 0.4) is 0 Å². The summed E-state index contributed by atoms with van der Waals surface area (Å²) in [5.74, 6) is 6.92. The van der Waals surface area contributed by atoms with Crippen LogP contribution in [0.5, 0.6) is 0 Å². The van der Waals surface area contributed by atoms with Gasteiger partial charge in [0.15, 0.2) is 0 Å². The van der Waals surface area contributed by atoms with Crippen LogP contribution in [0, 0.1) is 0 Å². The molecule has 1 amide bonds. The molecule has 2 heterocycles. The van der Waals surface area contributed by atoms with Crippen molar-refractivity contribution in [3.8, 4) is 0 Å². The van der Waals surface area contributed by atoms with E-state index in [0.29, 0.717) is 44.0 Å². The Morgan fingerprint density at radius 3 is 2.35 bits per heavy atom. The van der Waals surface area contributed by atoms with Gasteiger partial charge in [-0.25, -0.2) is 5.84 Å². The van der Waals surface area contributed by atoms with Gasteiger partial charge in [0.1, 0.15) is 0 Å². The third-order valence-electron chi connectivity index (χ3n) is 3.15. The Bertz CT molecular complexity index is 483. The third-order valence-corrected chi connectivity index (χ3v) is 3.15. The lowest BCUT2D eigenvalue weighted by Crippen LogP contribution is -2.48. The maximum absolute atomic E-state index is 11.3. The van der Waals surface area contributed by atoms with E-state index in [0.717, 1.165) is 0 Å². The van der Waals surface area contributed by atoms with Gasteiger partial charge in [0.2, 0.25) is 23.8 Å². The summed E-state index contributed by atoms with van der Waals surface area (Å²) in [7, 11) is 3.71. The summed E-state index contributed by atoms with van der Waals surface area (Å²) in [5.41, 5.74) is 2.45. The first-order valence-electron chi connectivity index (χ1n) is 6.41. The van der Waals surface area contributed by atoms with Gasteiger partial charge in [-0.1, -0.05) is 0 Å². The number of amides is 1. The number of rotatable bonds is 3. The van der Waals surface area contributed by atoms with Gasteiger partial charge >= 0.3 is 0 Å². The highest BCUT2D eigenvalue weighted by molar-refractivity contribution is 5.73. The van der Waals surface area contributed by atoms with Crippen LogP contribution in [0.15, 0.2) is 0 Å². The lowest BCUT2D eigenvalue weighted by Gasteiger charge is -2.34. The van der Waals surface area contributed by atoms with Gasteiger partial charge in [-0.15, -0.1) is 0 Å². The first-order chi connectivity index (χ1) is 9.51. The standard InChI is InChI=1S/C11H20N8O/c1-8(20)18-4-6-19(7-5-18)11-14-9(16-12)13-10(15-11)17(2)3/h4-7,12H2,1-3H3,(H,13,14,15,16). The largest absolute Gasteiger partial charge is 0.347 e. The highest BCUT2D eigenvalue weighted by Crippen LogP contribution is 2.16. The fourth-order valence-corrected chi connectivity index (χ4v) is 1.98. The molecular weight excluding hydrogens is 260 g/mol. The molecule has 0 spiro atoms. The highest BCUT2D eigenvalue weighted by Gasteiger charge is 2.21. The topological polar surface area (TPSA) is 104 Å². The molecule has 1 aliphatic rings. The van der Waals surface area contributed by atoms with E-state index in [2.05, 4.69) is 20.4 Å². The van der Waals surface area contributed by atoms with Crippen molar-refractivity contribution in [2.45, 2.75) is 6.92 Å². The number of piperazine rings is 1. The van der Waals surface area contributed by atoms with Crippen LogP contribution in [0.1, 0.15) is 6.92 Å². The first kappa shape index (κ1) is 14.3. The van der Waals surface area contributed by atoms with Gasteiger partial charge in [0.05, 0.1) is 0 Å². The van der Waals surface area contributed by atoms with Crippen molar-refractivity contribution in [1.82, 2.24) is 19.9 Å². The fourth-order valence-electron chi connectivity index (χ4n) is 1.98. The predicted octanol–water partition coefficient (Wildman–Crippen LogP) is -1.11. The van der Waals surface area contributed by atoms with Gasteiger partial charge in [-0.3, -0.25) is 10.2 Å². The molecule has 9 heteroatoms. The van der Waals surface area contributed by atoms with Crippen molar-refractivity contribution in [3.05, 3.63) is 0 Å². The molecule has 1 aliphatic heterocycles. The number of nitrogens with one attached hydrogen (secondary N) is 1. The van der Waals surface area contributed by atoms with E-state index in [9.17, 15) is 4.79 Å². The Balaban J connectivity index is 2.16. The third kappa shape index (κ3) is 3.05. The molecule has 0 radical (unpaired) electrons. The van der Waals surface area contributed by atoms with E-state index >= 15 is 0 Å². The van der Waals surface area contributed by atoms with Crippen molar-refractivity contribution < 1.29 is 4.79 Å². The van der Waals surface area contributed by atoms with E-state index in [4.69, 9.17) is 5.84 Å². The molecule has 9 nitrogen and oxygen atoms in total. The molecule has 2 rings (SSSR count). The zero-order valence-corrected chi connectivity index (χ0v) is 12.0. The molecule has 0 aliphatic carbocycles. The zero-order valence-electron chi connectivity index (χ0n) is 12.0. The first-order valence-corrected chi connectivity index (χ1v) is 6.41. The SMILES string of the molecule is CC(=O)N1CCN(c2nc(NN)nc(N(C)C)n2)CC1. The summed E-state index contributed by atoms with van der Waals surface area (Å²) in [6.07, 6.45) is 0. The van der Waals surface area contributed by atoms with Crippen molar-refractivity contribution in [1.29, 1.82) is 0 Å². The number of hydrogen-bond donors (Lipinski definition) is 2. The van der Waals surface area contributed by atoms with E-state index in [1.807, 2.05) is 23.9 Å². The summed E-state index contributed by atoms with van der Waals surface area (Å²) < 4.78 is 0. The van der Waals surface area contributed by atoms with Crippen LogP contribution in [-0.4, -0.2) is 66.0 Å². The number of aromatic nitrogens is 3. The summed E-state index contributed by atoms with van der Waals surface area (Å²) in [6.45, 7) is 4.31. The second kappa shape index (κ2) is 5.87. The van der Waals surface area contributed by atoms with Crippen molar-refractivity contribution in [2.75, 3.05) is 55.5 Å². The van der Waals surface area contributed by atoms with Crippen molar-refractivity contribution >= 4 is 23.8 Å². The maximum atomic E-state index is 11.3. The molecule has 0 saturated carbocycles. The van der Waals surface area contributed by atoms with Crippen LogP contribution in [0.25, 0.3) is 0 Å². The Kier molecular flexibility index (Phi) is 4.18. The Labute approximate surface area is 117 Å². The van der Waals surface area contributed by atoms with E-state index in [-0.39, 0.29) is 5.91 Å². The number of nitrogens with two attached hydrogens (primary N) is 1. The molecule has 0 bridgehead atoms. The van der Waals surface area contributed by atoms with Crippen LogP contribution in [0.4, 0.5) is 17.8 Å². The minimum atomic E-state index is 0.0959. The molecule has 110 valence electrons. The molecule has 20 heavy (non-hydrogen) atoms. The Hall–Kier alpha value is -2.16. The molecule has 0 atom stereocenters. The quantitative estimate of drug-likeness (QED) is 0.531. The number of nitrogen functional groups attached to an aromatic ring is 1. The molecular formula is C11H20N8O. The molecule has 1 aromatic heterocycles. The van der Waals surface area contributed by atoms with E-state index in [1.54, 1.807) is 11.8 Å². The minimum Gasteiger partial charge on any atom is -0.347 e. The minimum absolute atomic E-state index is 0.0959. The number of carbonyl (C=O) groups is 1. The normalized spacial score (nSPS) is 15.2. The molecule has 1 aromatic rings. The number of carbonyl (C=O) groups excluding carboxylic acids is 1. The van der Waals surface area contributed by atoms with Crippen LogP contribution >= 0.6 is 0 Å². The van der Waals surface area contributed by atoms with Crippen LogP contribution in [-0.2, 0) is 4.79 Å². The monoisotopic (exact) mass is 280 g/mol. The lowest BCUT2D eigenvalue weighted by molar-refractivity contribution is -0.129. The highest BCUT2D eigenvalue weighted by atomic mass is 16.2. The zero-order chi connectivity index (χ0) is 14.7. The number of nitrogens with zero attached hydrogens (tertiary/aromatic N) is 6. The van der Waals surface area contributed by atoms with Gasteiger partial charge in [-0.05, 0) is 0 Å². The predicted molar refractivity (Wildman–Crippen MR) is 76.4 cm³/mol. The lowest BCUT2D eigenvalue weighted by atomic mass is 10.3. The second-order valence-electron chi connectivity index (χ2n) is 4.79. The molecule has 0 unspecified atom stereocenters. The Morgan fingerprint density at radius 1 is 1.20 bits per heavy atom. The molecule has 1 fully saturated rings. The number of anilines is 3. The van der Waals surface area contributed by atoms with Gasteiger partial charge in [-0.2, -0.15) is 15.0 Å². The summed E-state index contributed by atoms with van der Waals surface area (Å²) >= 11 is 0. The van der Waals surface area contributed by atoms with E-state index < -0.39 is 0 Å². The van der Waals surface area contributed by atoms with Crippen molar-refractivity contribution in [2.24, 2.45) is 5.84 Å². The van der Waals surface area contributed by atoms with Crippen LogP contribution < -0.4 is 21.1 Å². The number of hydrogen-bond acceptors (Lipinski definition) is 8. The summed E-state index contributed by atoms with van der Waals surface area (Å²) in [6, 6.07) is 0. The van der Waals surface area contributed by atoms with Gasteiger partial charge < -0.3 is 14.7 Å². The fraction of sp³-hybridized carbons (Fsp3) is 0.636. The molecule has 3 N–H and O–H groups in total. The number of hydrazine groups is 1. The summed E-state index contributed by atoms with van der Waals surface area (Å²) in [4.78, 5) is 29.8. The molecule has 1 saturated heterocycles. The smallest absolute Gasteiger partial charge is 0.243 e. The molecule has 0 aromatic carbocycles. The second-order valence-corrected chi connectivity index (χ2v) is 4.79. The Morgan fingerprint density at radius 2 is 1.85 bits per heavy atom. The van der Waals surface area contributed by atoms with Crippen molar-refractivity contribution in [3.63, 3.8) is 0 Å². The van der Waals surface area contributed by atoms with Gasteiger partial charge in [0, 0.05) is 47.2 Å². The average Bonchev–Trinajstić information content (AvgIpc) is 2.46. The van der Waals surface area contributed by atoms with Gasteiger partial charge in [0.25, 0.3) is 0 Å². The maximum Gasteiger partial charge on any atom is 0.243 e. The summed E-state index contributed by atoms with van der Waals surface area (Å²) in [5, 5.41) is 0.